The van der Waals surface area contributed by atoms with Gasteiger partial charge in [-0.05, 0) is 44.9 Å². The first-order valence-corrected chi connectivity index (χ1v) is 8.63. The van der Waals surface area contributed by atoms with Gasteiger partial charge in [-0.25, -0.2) is 4.98 Å². The van der Waals surface area contributed by atoms with Crippen LogP contribution >= 0.6 is 0 Å². The van der Waals surface area contributed by atoms with Crippen LogP contribution in [-0.4, -0.2) is 29.1 Å². The van der Waals surface area contributed by atoms with E-state index in [0.29, 0.717) is 6.04 Å². The smallest absolute Gasteiger partial charge is 0.224 e. The molecule has 2 fully saturated rings. The van der Waals surface area contributed by atoms with E-state index in [1.807, 2.05) is 6.20 Å². The van der Waals surface area contributed by atoms with Crippen molar-refractivity contribution in [2.24, 2.45) is 5.92 Å². The summed E-state index contributed by atoms with van der Waals surface area (Å²) in [6.07, 6.45) is 11.3. The van der Waals surface area contributed by atoms with E-state index >= 15 is 0 Å². The molecule has 1 N–H and O–H groups in total. The van der Waals surface area contributed by atoms with E-state index in [1.165, 1.54) is 49.9 Å². The normalized spacial score (nSPS) is 25.5. The predicted molar refractivity (Wildman–Crippen MR) is 87.9 cm³/mol. The summed E-state index contributed by atoms with van der Waals surface area (Å²) in [5.74, 6) is 2.84. The number of aromatic nitrogens is 2. The van der Waals surface area contributed by atoms with Gasteiger partial charge in [0.25, 0.3) is 0 Å². The average molecular weight is 288 g/mol. The summed E-state index contributed by atoms with van der Waals surface area (Å²) < 4.78 is 0. The number of rotatable bonds is 4. The molecule has 2 unspecified atom stereocenters. The Balaban J connectivity index is 1.83. The monoisotopic (exact) mass is 288 g/mol. The highest BCUT2D eigenvalue weighted by Crippen LogP contribution is 2.38. The number of aryl methyl sites for hydroxylation is 1. The molecule has 1 aromatic heterocycles. The van der Waals surface area contributed by atoms with Gasteiger partial charge in [-0.3, -0.25) is 0 Å². The van der Waals surface area contributed by atoms with Gasteiger partial charge in [0, 0.05) is 30.9 Å². The van der Waals surface area contributed by atoms with Crippen LogP contribution in [0.25, 0.3) is 0 Å². The van der Waals surface area contributed by atoms with Gasteiger partial charge in [-0.15, -0.1) is 0 Å². The van der Waals surface area contributed by atoms with Gasteiger partial charge in [-0.1, -0.05) is 19.8 Å². The summed E-state index contributed by atoms with van der Waals surface area (Å²) in [6.45, 7) is 6.41. The zero-order valence-corrected chi connectivity index (χ0v) is 13.4. The van der Waals surface area contributed by atoms with Gasteiger partial charge in [-0.2, -0.15) is 4.98 Å². The quantitative estimate of drug-likeness (QED) is 0.915. The molecule has 1 aliphatic heterocycles. The Kier molecular flexibility index (Phi) is 4.61. The Morgan fingerprint density at radius 2 is 2.05 bits per heavy atom. The van der Waals surface area contributed by atoms with Crippen LogP contribution in [0.5, 0.6) is 0 Å². The van der Waals surface area contributed by atoms with Crippen molar-refractivity contribution in [3.05, 3.63) is 11.8 Å². The number of nitrogens with zero attached hydrogens (tertiary/aromatic N) is 3. The molecule has 1 saturated heterocycles. The van der Waals surface area contributed by atoms with Gasteiger partial charge in [0.15, 0.2) is 0 Å². The van der Waals surface area contributed by atoms with Crippen LogP contribution in [0.15, 0.2) is 6.20 Å². The van der Waals surface area contributed by atoms with Crippen molar-refractivity contribution in [3.63, 3.8) is 0 Å². The summed E-state index contributed by atoms with van der Waals surface area (Å²) in [5.41, 5.74) is 1.21. The lowest BCUT2D eigenvalue weighted by molar-refractivity contribution is 0.242. The third-order valence-electron chi connectivity index (χ3n) is 4.99. The zero-order valence-electron chi connectivity index (χ0n) is 13.4. The van der Waals surface area contributed by atoms with Gasteiger partial charge in [0.1, 0.15) is 5.82 Å². The highest BCUT2D eigenvalue weighted by Gasteiger charge is 2.34. The molecular formula is C17H28N4. The predicted octanol–water partition coefficient (Wildman–Crippen LogP) is 3.77. The molecule has 4 heteroatoms. The minimum atomic E-state index is 0.708. The molecule has 21 heavy (non-hydrogen) atoms. The Morgan fingerprint density at radius 1 is 1.24 bits per heavy atom. The van der Waals surface area contributed by atoms with Crippen molar-refractivity contribution < 1.29 is 0 Å². The largest absolute Gasteiger partial charge is 0.354 e. The lowest BCUT2D eigenvalue weighted by Crippen LogP contribution is -2.47. The molecular weight excluding hydrogens is 260 g/mol. The zero-order chi connectivity index (χ0) is 14.7. The van der Waals surface area contributed by atoms with Crippen molar-refractivity contribution in [2.75, 3.05) is 23.3 Å². The van der Waals surface area contributed by atoms with Crippen LogP contribution in [0.2, 0.25) is 0 Å². The second-order valence-corrected chi connectivity index (χ2v) is 6.57. The van der Waals surface area contributed by atoms with E-state index in [1.54, 1.807) is 0 Å². The van der Waals surface area contributed by atoms with Crippen LogP contribution in [0, 0.1) is 12.8 Å². The van der Waals surface area contributed by atoms with E-state index < -0.39 is 0 Å². The molecule has 4 nitrogen and oxygen atoms in total. The number of fused-ring (bicyclic) bond motifs is 1. The Hall–Kier alpha value is -1.32. The summed E-state index contributed by atoms with van der Waals surface area (Å²) in [7, 11) is 0. The second kappa shape index (κ2) is 6.63. The average Bonchev–Trinajstić information content (AvgIpc) is 2.54. The highest BCUT2D eigenvalue weighted by molar-refractivity contribution is 5.50. The molecule has 116 valence electrons. The lowest BCUT2D eigenvalue weighted by atomic mass is 9.78. The summed E-state index contributed by atoms with van der Waals surface area (Å²) in [6, 6.07) is 0.708. The number of piperidine rings is 1. The number of nitrogens with one attached hydrogen (secondary N) is 1. The summed E-state index contributed by atoms with van der Waals surface area (Å²) >= 11 is 0. The molecule has 0 aromatic carbocycles. The van der Waals surface area contributed by atoms with Crippen molar-refractivity contribution in [1.29, 1.82) is 0 Å². The molecule has 0 bridgehead atoms. The fourth-order valence-electron chi connectivity index (χ4n) is 3.93. The standard InChI is InChI=1S/C17H28N4/c1-3-10-18-17-19-12-13(2)16(20-17)21-11-6-8-14-7-4-5-9-15(14)21/h12,14-15H,3-11H2,1-2H3,(H,18,19,20). The third kappa shape index (κ3) is 3.14. The van der Waals surface area contributed by atoms with Crippen LogP contribution in [0.4, 0.5) is 11.8 Å². The van der Waals surface area contributed by atoms with Crippen LogP contribution in [-0.2, 0) is 0 Å². The lowest BCUT2D eigenvalue weighted by Gasteiger charge is -2.45. The van der Waals surface area contributed by atoms with Crippen molar-refractivity contribution in [2.45, 2.75) is 64.8 Å². The Bertz CT molecular complexity index is 472. The SMILES string of the molecule is CCCNc1ncc(C)c(N2CCCC3CCCCC32)n1. The molecule has 1 aromatic rings. The molecule has 0 amide bonds. The number of anilines is 2. The molecule has 0 spiro atoms. The second-order valence-electron chi connectivity index (χ2n) is 6.57. The molecule has 3 rings (SSSR count). The molecule has 0 radical (unpaired) electrons. The molecule has 2 aliphatic rings. The van der Waals surface area contributed by atoms with E-state index in [4.69, 9.17) is 4.98 Å². The first kappa shape index (κ1) is 14.6. The Labute approximate surface area is 128 Å². The molecule has 2 heterocycles. The topological polar surface area (TPSA) is 41.1 Å². The minimum absolute atomic E-state index is 0.708. The van der Waals surface area contributed by atoms with Gasteiger partial charge in [0.2, 0.25) is 5.95 Å². The van der Waals surface area contributed by atoms with Crippen LogP contribution in [0.1, 0.15) is 57.4 Å². The van der Waals surface area contributed by atoms with Crippen molar-refractivity contribution >= 4 is 11.8 Å². The fraction of sp³-hybridized carbons (Fsp3) is 0.765. The fourth-order valence-corrected chi connectivity index (χ4v) is 3.93. The summed E-state index contributed by atoms with van der Waals surface area (Å²) in [4.78, 5) is 11.8. The highest BCUT2D eigenvalue weighted by atomic mass is 15.3. The van der Waals surface area contributed by atoms with Gasteiger partial charge in [0.05, 0.1) is 0 Å². The first-order chi connectivity index (χ1) is 10.3. The van der Waals surface area contributed by atoms with Crippen LogP contribution in [0.3, 0.4) is 0 Å². The molecule has 2 atom stereocenters. The maximum Gasteiger partial charge on any atom is 0.224 e. The van der Waals surface area contributed by atoms with Crippen molar-refractivity contribution in [3.8, 4) is 0 Å². The number of hydrogen-bond donors (Lipinski definition) is 1. The summed E-state index contributed by atoms with van der Waals surface area (Å²) in [5, 5.41) is 3.32. The maximum atomic E-state index is 4.83. The Morgan fingerprint density at radius 3 is 2.90 bits per heavy atom. The minimum Gasteiger partial charge on any atom is -0.354 e. The van der Waals surface area contributed by atoms with Gasteiger partial charge >= 0.3 is 0 Å². The van der Waals surface area contributed by atoms with E-state index in [2.05, 4.69) is 29.0 Å². The first-order valence-electron chi connectivity index (χ1n) is 8.63. The molecule has 1 aliphatic carbocycles. The van der Waals surface area contributed by atoms with Crippen molar-refractivity contribution in [1.82, 2.24) is 9.97 Å². The van der Waals surface area contributed by atoms with E-state index in [9.17, 15) is 0 Å². The van der Waals surface area contributed by atoms with E-state index in [-0.39, 0.29) is 0 Å². The molecule has 1 saturated carbocycles. The van der Waals surface area contributed by atoms with Crippen LogP contribution < -0.4 is 10.2 Å². The third-order valence-corrected chi connectivity index (χ3v) is 4.99. The maximum absolute atomic E-state index is 4.83. The van der Waals surface area contributed by atoms with E-state index in [0.717, 1.165) is 31.4 Å². The number of hydrogen-bond acceptors (Lipinski definition) is 4. The van der Waals surface area contributed by atoms with Gasteiger partial charge < -0.3 is 10.2 Å².